The molecule has 0 radical (unpaired) electrons. The largest absolute Gasteiger partial charge is 0.472 e. The van der Waals surface area contributed by atoms with E-state index in [1.54, 1.807) is 37.1 Å². The highest BCUT2D eigenvalue weighted by molar-refractivity contribution is 6.35. The Labute approximate surface area is 186 Å². The van der Waals surface area contributed by atoms with E-state index in [1.165, 1.54) is 4.68 Å². The van der Waals surface area contributed by atoms with Gasteiger partial charge in [0, 0.05) is 32.1 Å². The van der Waals surface area contributed by atoms with Gasteiger partial charge in [0.15, 0.2) is 5.82 Å². The molecule has 31 heavy (non-hydrogen) atoms. The average Bonchev–Trinajstić information content (AvgIpc) is 3.31. The van der Waals surface area contributed by atoms with Crippen LogP contribution in [-0.2, 0) is 13.6 Å². The standard InChI is InChI=1S/C18H18Cl2N8O3/c1-10-7-14(25(3)23-10)27-11(2)15(28(29)30)17(24-27)31-6-4-5-26-9-13(19)12-8-21-18(20)22-16(12)26/h7-9H,4-6H2,1-3H3. The third-order valence-corrected chi connectivity index (χ3v) is 5.23. The topological polar surface area (TPSA) is 119 Å². The zero-order valence-corrected chi connectivity index (χ0v) is 18.4. The molecule has 13 heteroatoms. The highest BCUT2D eigenvalue weighted by atomic mass is 35.5. The Bertz CT molecular complexity index is 1290. The van der Waals surface area contributed by atoms with Gasteiger partial charge in [-0.15, -0.1) is 5.10 Å². The monoisotopic (exact) mass is 464 g/mol. The molecule has 0 saturated heterocycles. The third kappa shape index (κ3) is 3.93. The SMILES string of the molecule is Cc1cc(-n2nc(OCCCn3cc(Cl)c4cnc(Cl)nc43)c([N+](=O)[O-])c2C)n(C)n1. The van der Waals surface area contributed by atoms with Gasteiger partial charge in [-0.2, -0.15) is 10.1 Å². The Morgan fingerprint density at radius 1 is 1.26 bits per heavy atom. The van der Waals surface area contributed by atoms with Crippen molar-refractivity contribution in [1.29, 1.82) is 0 Å². The van der Waals surface area contributed by atoms with E-state index in [0.717, 1.165) is 5.69 Å². The molecule has 0 bridgehead atoms. The molecule has 0 unspecified atom stereocenters. The van der Waals surface area contributed by atoms with Crippen LogP contribution in [0.3, 0.4) is 0 Å². The van der Waals surface area contributed by atoms with Crippen LogP contribution in [0.15, 0.2) is 18.5 Å². The summed E-state index contributed by atoms with van der Waals surface area (Å²) >= 11 is 12.1. The van der Waals surface area contributed by atoms with E-state index in [9.17, 15) is 10.1 Å². The summed E-state index contributed by atoms with van der Waals surface area (Å²) in [5.74, 6) is 0.570. The van der Waals surface area contributed by atoms with Crippen LogP contribution in [0.25, 0.3) is 16.9 Å². The Kier molecular flexibility index (Phi) is 5.54. The molecule has 0 aliphatic carbocycles. The maximum absolute atomic E-state index is 11.6. The van der Waals surface area contributed by atoms with Crippen molar-refractivity contribution in [1.82, 2.24) is 34.1 Å². The molecule has 162 valence electrons. The van der Waals surface area contributed by atoms with E-state index < -0.39 is 4.92 Å². The van der Waals surface area contributed by atoms with E-state index in [1.807, 2.05) is 11.5 Å². The first-order valence-electron chi connectivity index (χ1n) is 9.31. The molecule has 0 aliphatic heterocycles. The molecule has 0 fully saturated rings. The summed E-state index contributed by atoms with van der Waals surface area (Å²) in [4.78, 5) is 19.3. The van der Waals surface area contributed by atoms with Crippen molar-refractivity contribution in [2.24, 2.45) is 7.05 Å². The third-order valence-electron chi connectivity index (χ3n) is 4.75. The second kappa shape index (κ2) is 8.16. The molecule has 4 heterocycles. The molecular formula is C18H18Cl2N8O3. The molecule has 4 aromatic rings. The number of halogens is 2. The van der Waals surface area contributed by atoms with Crippen molar-refractivity contribution < 1.29 is 9.66 Å². The summed E-state index contributed by atoms with van der Waals surface area (Å²) in [7, 11) is 1.75. The Morgan fingerprint density at radius 3 is 2.71 bits per heavy atom. The van der Waals surface area contributed by atoms with Crippen LogP contribution in [0.2, 0.25) is 10.3 Å². The summed E-state index contributed by atoms with van der Waals surface area (Å²) in [5, 5.41) is 21.5. The van der Waals surface area contributed by atoms with Crippen LogP contribution < -0.4 is 4.74 Å². The fourth-order valence-corrected chi connectivity index (χ4v) is 3.76. The van der Waals surface area contributed by atoms with Gasteiger partial charge in [-0.05, 0) is 31.9 Å². The fourth-order valence-electron chi connectivity index (χ4n) is 3.38. The summed E-state index contributed by atoms with van der Waals surface area (Å²) in [6.07, 6.45) is 3.85. The van der Waals surface area contributed by atoms with Crippen LogP contribution in [0.5, 0.6) is 5.88 Å². The smallest absolute Gasteiger partial charge is 0.353 e. The maximum Gasteiger partial charge on any atom is 0.353 e. The van der Waals surface area contributed by atoms with Crippen LogP contribution in [0.4, 0.5) is 5.69 Å². The average molecular weight is 465 g/mol. The minimum atomic E-state index is -0.491. The maximum atomic E-state index is 11.6. The zero-order chi connectivity index (χ0) is 22.3. The number of rotatable bonds is 7. The second-order valence-electron chi connectivity index (χ2n) is 6.92. The van der Waals surface area contributed by atoms with E-state index in [2.05, 4.69) is 20.2 Å². The predicted octanol–water partition coefficient (Wildman–Crippen LogP) is 3.65. The number of fused-ring (bicyclic) bond motifs is 1. The molecule has 11 nitrogen and oxygen atoms in total. The molecule has 0 saturated carbocycles. The number of nitrogens with zero attached hydrogens (tertiary/aromatic N) is 8. The number of aryl methyl sites for hydroxylation is 3. The quantitative estimate of drug-likeness (QED) is 0.177. The van der Waals surface area contributed by atoms with E-state index in [0.29, 0.717) is 40.5 Å². The highest BCUT2D eigenvalue weighted by Crippen LogP contribution is 2.32. The Balaban J connectivity index is 1.51. The predicted molar refractivity (Wildman–Crippen MR) is 114 cm³/mol. The number of ether oxygens (including phenoxy) is 1. The lowest BCUT2D eigenvalue weighted by Gasteiger charge is -2.05. The lowest BCUT2D eigenvalue weighted by molar-refractivity contribution is -0.386. The van der Waals surface area contributed by atoms with Gasteiger partial charge in [0.25, 0.3) is 0 Å². The van der Waals surface area contributed by atoms with Crippen LogP contribution in [-0.4, -0.2) is 45.6 Å². The molecule has 4 aromatic heterocycles. The first-order chi connectivity index (χ1) is 14.8. The van der Waals surface area contributed by atoms with Gasteiger partial charge in [0.2, 0.25) is 5.28 Å². The minimum Gasteiger partial charge on any atom is -0.472 e. The summed E-state index contributed by atoms with van der Waals surface area (Å²) in [6.45, 7) is 4.18. The van der Waals surface area contributed by atoms with Crippen molar-refractivity contribution in [2.45, 2.75) is 26.8 Å². The summed E-state index contributed by atoms with van der Waals surface area (Å²) < 4.78 is 10.6. The molecule has 0 aliphatic rings. The van der Waals surface area contributed by atoms with Crippen molar-refractivity contribution in [2.75, 3.05) is 6.61 Å². The second-order valence-corrected chi connectivity index (χ2v) is 7.67. The number of nitro groups is 1. The lowest BCUT2D eigenvalue weighted by atomic mass is 10.4. The Morgan fingerprint density at radius 2 is 2.03 bits per heavy atom. The zero-order valence-electron chi connectivity index (χ0n) is 16.9. The highest BCUT2D eigenvalue weighted by Gasteiger charge is 2.28. The van der Waals surface area contributed by atoms with Crippen LogP contribution in [0, 0.1) is 24.0 Å². The van der Waals surface area contributed by atoms with Crippen molar-refractivity contribution >= 4 is 39.9 Å². The van der Waals surface area contributed by atoms with Gasteiger partial charge >= 0.3 is 11.6 Å². The molecule has 0 aromatic carbocycles. The fraction of sp³-hybridized carbons (Fsp3) is 0.333. The summed E-state index contributed by atoms with van der Waals surface area (Å²) in [6, 6.07) is 1.79. The summed E-state index contributed by atoms with van der Waals surface area (Å²) in [5.41, 5.74) is 1.58. The van der Waals surface area contributed by atoms with Gasteiger partial charge < -0.3 is 9.30 Å². The molecule has 0 amide bonds. The van der Waals surface area contributed by atoms with Crippen LogP contribution >= 0.6 is 23.2 Å². The molecule has 0 atom stereocenters. The van der Waals surface area contributed by atoms with Gasteiger partial charge in [-0.3, -0.25) is 14.8 Å². The molecular weight excluding hydrogens is 447 g/mol. The molecule has 0 N–H and O–H groups in total. The van der Waals surface area contributed by atoms with E-state index in [-0.39, 0.29) is 23.5 Å². The molecule has 4 rings (SSSR count). The van der Waals surface area contributed by atoms with Crippen molar-refractivity contribution in [3.63, 3.8) is 0 Å². The van der Waals surface area contributed by atoms with Crippen molar-refractivity contribution in [3.05, 3.63) is 50.3 Å². The number of hydrogen-bond acceptors (Lipinski definition) is 7. The van der Waals surface area contributed by atoms with E-state index >= 15 is 0 Å². The first kappa shape index (κ1) is 21.1. The van der Waals surface area contributed by atoms with Crippen LogP contribution in [0.1, 0.15) is 17.8 Å². The lowest BCUT2D eigenvalue weighted by Crippen LogP contribution is -2.07. The van der Waals surface area contributed by atoms with Gasteiger partial charge in [0.05, 0.1) is 27.6 Å². The Hall–Kier alpha value is -3.18. The number of aromatic nitrogens is 7. The normalized spacial score (nSPS) is 11.4. The molecule has 0 spiro atoms. The van der Waals surface area contributed by atoms with Crippen molar-refractivity contribution in [3.8, 4) is 11.7 Å². The van der Waals surface area contributed by atoms with Gasteiger partial charge in [0.1, 0.15) is 11.3 Å². The van der Waals surface area contributed by atoms with E-state index in [4.69, 9.17) is 27.9 Å². The first-order valence-corrected chi connectivity index (χ1v) is 10.1. The van der Waals surface area contributed by atoms with Gasteiger partial charge in [-0.25, -0.2) is 9.67 Å². The minimum absolute atomic E-state index is 0.0397. The number of hydrogen-bond donors (Lipinski definition) is 0. The van der Waals surface area contributed by atoms with Gasteiger partial charge in [-0.1, -0.05) is 11.6 Å².